The summed E-state index contributed by atoms with van der Waals surface area (Å²) < 4.78 is 15.0. The van der Waals surface area contributed by atoms with E-state index >= 15 is 0 Å². The molecule has 0 aromatic heterocycles. The Balaban J connectivity index is 3.01. The molecule has 1 aliphatic rings. The number of carbonyl (C=O) groups is 4. The molecule has 1 aliphatic heterocycles. The third-order valence-electron chi connectivity index (χ3n) is 3.47. The maximum Gasteiger partial charge on any atom is 0.410 e. The zero-order valence-electron chi connectivity index (χ0n) is 16.0. The van der Waals surface area contributed by atoms with Gasteiger partial charge in [0.15, 0.2) is 0 Å². The first-order valence-corrected chi connectivity index (χ1v) is 8.65. The third-order valence-corrected chi connectivity index (χ3v) is 3.47. The van der Waals surface area contributed by atoms with Crippen molar-refractivity contribution in [1.29, 1.82) is 0 Å². The highest BCUT2D eigenvalue weighted by Gasteiger charge is 2.33. The Labute approximate surface area is 153 Å². The molecule has 1 heterocycles. The molecule has 1 unspecified atom stereocenters. The van der Waals surface area contributed by atoms with Crippen LogP contribution in [0, 0.1) is 5.92 Å². The van der Waals surface area contributed by atoms with Crippen molar-refractivity contribution in [2.24, 2.45) is 5.92 Å². The molecule has 1 fully saturated rings. The molecule has 1 saturated heterocycles. The van der Waals surface area contributed by atoms with Crippen LogP contribution in [0.1, 0.15) is 41.0 Å². The number of esters is 2. The SMILES string of the molecule is CCOC(=O)C(=CC1CN(C(=O)OC(C)(C)C)CCC1=O)C(=O)OCC. The summed E-state index contributed by atoms with van der Waals surface area (Å²) in [6, 6.07) is 0. The van der Waals surface area contributed by atoms with Gasteiger partial charge in [-0.25, -0.2) is 14.4 Å². The van der Waals surface area contributed by atoms with E-state index in [0.29, 0.717) is 0 Å². The van der Waals surface area contributed by atoms with Gasteiger partial charge in [0.25, 0.3) is 0 Å². The highest BCUT2D eigenvalue weighted by molar-refractivity contribution is 6.14. The van der Waals surface area contributed by atoms with E-state index in [1.807, 2.05) is 0 Å². The fraction of sp³-hybridized carbons (Fsp3) is 0.667. The second-order valence-electron chi connectivity index (χ2n) is 6.77. The number of Topliss-reactive ketones (excluding diaryl/α,β-unsaturated/α-hetero) is 1. The van der Waals surface area contributed by atoms with Crippen LogP contribution in [0.3, 0.4) is 0 Å². The van der Waals surface area contributed by atoms with E-state index in [4.69, 9.17) is 14.2 Å². The molecule has 0 aliphatic carbocycles. The van der Waals surface area contributed by atoms with E-state index in [9.17, 15) is 19.2 Å². The van der Waals surface area contributed by atoms with Crippen molar-refractivity contribution >= 4 is 23.8 Å². The van der Waals surface area contributed by atoms with Crippen LogP contribution in [0.4, 0.5) is 4.79 Å². The molecule has 0 spiro atoms. The van der Waals surface area contributed by atoms with Crippen LogP contribution in [-0.2, 0) is 28.6 Å². The second kappa shape index (κ2) is 9.35. The fourth-order valence-corrected chi connectivity index (χ4v) is 2.34. The van der Waals surface area contributed by atoms with Crippen LogP contribution in [0.25, 0.3) is 0 Å². The van der Waals surface area contributed by atoms with Crippen LogP contribution in [0.2, 0.25) is 0 Å². The van der Waals surface area contributed by atoms with Gasteiger partial charge in [0.2, 0.25) is 0 Å². The minimum atomic E-state index is -0.854. The lowest BCUT2D eigenvalue weighted by molar-refractivity contribution is -0.146. The van der Waals surface area contributed by atoms with Gasteiger partial charge < -0.3 is 19.1 Å². The number of carbonyl (C=O) groups excluding carboxylic acids is 4. The van der Waals surface area contributed by atoms with E-state index in [-0.39, 0.29) is 44.1 Å². The van der Waals surface area contributed by atoms with E-state index < -0.39 is 29.6 Å². The Kier molecular flexibility index (Phi) is 7.79. The summed E-state index contributed by atoms with van der Waals surface area (Å²) in [5.41, 5.74) is -0.997. The lowest BCUT2D eigenvalue weighted by Crippen LogP contribution is -2.46. The molecule has 1 amide bonds. The standard InChI is InChI=1S/C18H27NO7/c1-6-24-15(21)13(16(22)25-7-2)10-12-11-19(9-8-14(12)20)17(23)26-18(3,4)5/h10,12H,6-9,11H2,1-5H3. The number of likely N-dealkylation sites (tertiary alicyclic amines) is 1. The Bertz CT molecular complexity index is 569. The number of ketones is 1. The topological polar surface area (TPSA) is 99.2 Å². The quantitative estimate of drug-likeness (QED) is 0.240. The van der Waals surface area contributed by atoms with Gasteiger partial charge in [-0.2, -0.15) is 0 Å². The predicted molar refractivity (Wildman–Crippen MR) is 92.3 cm³/mol. The Hall–Kier alpha value is -2.38. The van der Waals surface area contributed by atoms with Crippen LogP contribution in [0.5, 0.6) is 0 Å². The Morgan fingerprint density at radius 2 is 1.65 bits per heavy atom. The number of ether oxygens (including phenoxy) is 3. The van der Waals surface area contributed by atoms with E-state index in [1.54, 1.807) is 34.6 Å². The molecule has 0 N–H and O–H groups in total. The van der Waals surface area contributed by atoms with E-state index in [1.165, 1.54) is 11.0 Å². The summed E-state index contributed by atoms with van der Waals surface area (Å²) in [4.78, 5) is 49.9. The van der Waals surface area contributed by atoms with Gasteiger partial charge in [-0.3, -0.25) is 4.79 Å². The molecule has 1 atom stereocenters. The summed E-state index contributed by atoms with van der Waals surface area (Å²) >= 11 is 0. The molecular weight excluding hydrogens is 342 g/mol. The summed E-state index contributed by atoms with van der Waals surface area (Å²) in [5, 5.41) is 0. The van der Waals surface area contributed by atoms with Crippen molar-refractivity contribution in [2.75, 3.05) is 26.3 Å². The van der Waals surface area contributed by atoms with E-state index in [2.05, 4.69) is 0 Å². The average molecular weight is 369 g/mol. The molecular formula is C18H27NO7. The number of rotatable bonds is 5. The highest BCUT2D eigenvalue weighted by atomic mass is 16.6. The van der Waals surface area contributed by atoms with E-state index in [0.717, 1.165) is 0 Å². The predicted octanol–water partition coefficient (Wildman–Crippen LogP) is 1.87. The zero-order chi connectivity index (χ0) is 19.9. The lowest BCUT2D eigenvalue weighted by atomic mass is 9.94. The molecule has 0 saturated carbocycles. The summed E-state index contributed by atoms with van der Waals surface area (Å²) in [6.07, 6.45) is 0.797. The Morgan fingerprint density at radius 3 is 2.12 bits per heavy atom. The van der Waals surface area contributed by atoms with Crippen molar-refractivity contribution in [3.05, 3.63) is 11.6 Å². The first-order chi connectivity index (χ1) is 12.1. The molecule has 26 heavy (non-hydrogen) atoms. The van der Waals surface area contributed by atoms with Gasteiger partial charge >= 0.3 is 18.0 Å². The number of nitrogens with zero attached hydrogens (tertiary/aromatic N) is 1. The number of hydrogen-bond donors (Lipinski definition) is 0. The minimum Gasteiger partial charge on any atom is -0.462 e. The van der Waals surface area contributed by atoms with Crippen molar-refractivity contribution < 1.29 is 33.4 Å². The monoisotopic (exact) mass is 369 g/mol. The number of amides is 1. The molecule has 8 heteroatoms. The third kappa shape index (κ3) is 6.50. The molecule has 1 rings (SSSR count). The summed E-state index contributed by atoms with van der Waals surface area (Å²) in [7, 11) is 0. The molecule has 0 bridgehead atoms. The largest absolute Gasteiger partial charge is 0.462 e. The van der Waals surface area contributed by atoms with Crippen LogP contribution in [-0.4, -0.2) is 60.6 Å². The number of hydrogen-bond acceptors (Lipinski definition) is 7. The van der Waals surface area contributed by atoms with Gasteiger partial charge in [0, 0.05) is 19.5 Å². The smallest absolute Gasteiger partial charge is 0.410 e. The first-order valence-electron chi connectivity index (χ1n) is 8.65. The Morgan fingerprint density at radius 1 is 1.12 bits per heavy atom. The van der Waals surface area contributed by atoms with Gasteiger partial charge in [-0.05, 0) is 34.6 Å². The molecule has 0 aromatic carbocycles. The number of piperidine rings is 1. The van der Waals surface area contributed by atoms with Gasteiger partial charge in [0.05, 0.1) is 19.1 Å². The fourth-order valence-electron chi connectivity index (χ4n) is 2.34. The summed E-state index contributed by atoms with van der Waals surface area (Å²) in [6.45, 7) is 8.87. The van der Waals surface area contributed by atoms with Crippen LogP contribution in [0.15, 0.2) is 11.6 Å². The van der Waals surface area contributed by atoms with Crippen LogP contribution >= 0.6 is 0 Å². The molecule has 0 aromatic rings. The van der Waals surface area contributed by atoms with Crippen molar-refractivity contribution in [3.8, 4) is 0 Å². The maximum atomic E-state index is 12.2. The second-order valence-corrected chi connectivity index (χ2v) is 6.77. The average Bonchev–Trinajstić information content (AvgIpc) is 2.52. The lowest BCUT2D eigenvalue weighted by Gasteiger charge is -2.32. The van der Waals surface area contributed by atoms with Gasteiger partial charge in [-0.15, -0.1) is 0 Å². The van der Waals surface area contributed by atoms with Crippen molar-refractivity contribution in [2.45, 2.75) is 46.6 Å². The first kappa shape index (κ1) is 21.7. The highest BCUT2D eigenvalue weighted by Crippen LogP contribution is 2.20. The van der Waals surface area contributed by atoms with Crippen LogP contribution < -0.4 is 0 Å². The summed E-state index contributed by atoms with van der Waals surface area (Å²) in [5.74, 6) is -2.68. The minimum absolute atomic E-state index is 0.0239. The van der Waals surface area contributed by atoms with Crippen molar-refractivity contribution in [1.82, 2.24) is 4.90 Å². The van der Waals surface area contributed by atoms with Gasteiger partial charge in [0.1, 0.15) is 17.0 Å². The molecule has 146 valence electrons. The molecule has 8 nitrogen and oxygen atoms in total. The van der Waals surface area contributed by atoms with Gasteiger partial charge in [-0.1, -0.05) is 6.08 Å². The molecule has 0 radical (unpaired) electrons. The normalized spacial score (nSPS) is 17.3. The zero-order valence-corrected chi connectivity index (χ0v) is 16.0. The van der Waals surface area contributed by atoms with Crippen molar-refractivity contribution in [3.63, 3.8) is 0 Å². The maximum absolute atomic E-state index is 12.2.